The van der Waals surface area contributed by atoms with Crippen LogP contribution in [0, 0.1) is 0 Å². The molecule has 0 radical (unpaired) electrons. The first-order valence-electron chi connectivity index (χ1n) is 4.38. The number of aryl methyl sites for hydroxylation is 1. The van der Waals surface area contributed by atoms with Crippen molar-refractivity contribution >= 4 is 5.69 Å². The lowest BCUT2D eigenvalue weighted by Gasteiger charge is -2.08. The molecule has 1 aliphatic heterocycles. The van der Waals surface area contributed by atoms with E-state index in [2.05, 4.69) is 6.07 Å². The summed E-state index contributed by atoms with van der Waals surface area (Å²) in [5.74, 6) is 0.912. The number of hydrogen-bond donors (Lipinski definition) is 1. The highest BCUT2D eigenvalue weighted by molar-refractivity contribution is 5.56. The Bertz CT molecular complexity index is 283. The van der Waals surface area contributed by atoms with E-state index in [1.807, 2.05) is 12.1 Å². The van der Waals surface area contributed by atoms with Crippen molar-refractivity contribution in [2.75, 3.05) is 12.3 Å². The normalized spacial score (nSPS) is 16.0. The fourth-order valence-corrected chi connectivity index (χ4v) is 1.57. The van der Waals surface area contributed by atoms with Crippen molar-refractivity contribution in [2.24, 2.45) is 0 Å². The molecule has 12 heavy (non-hydrogen) atoms. The number of nitrogens with two attached hydrogens (primary N) is 1. The first-order valence-corrected chi connectivity index (χ1v) is 4.38. The highest BCUT2D eigenvalue weighted by atomic mass is 16.5. The predicted octanol–water partition coefficient (Wildman–Crippen LogP) is 1.98. The summed E-state index contributed by atoms with van der Waals surface area (Å²) in [5.41, 5.74) is 7.82. The van der Waals surface area contributed by atoms with E-state index in [1.165, 1.54) is 12.0 Å². The molecule has 2 N–H and O–H groups in total. The zero-order valence-corrected chi connectivity index (χ0v) is 7.05. The second kappa shape index (κ2) is 3.05. The lowest BCUT2D eigenvalue weighted by Crippen LogP contribution is -1.98. The van der Waals surface area contributed by atoms with E-state index in [-0.39, 0.29) is 0 Å². The largest absolute Gasteiger partial charge is 0.491 e. The Morgan fingerprint density at radius 2 is 2.17 bits per heavy atom. The molecule has 1 aromatic rings. The Morgan fingerprint density at radius 1 is 1.25 bits per heavy atom. The second-order valence-corrected chi connectivity index (χ2v) is 3.14. The summed E-state index contributed by atoms with van der Waals surface area (Å²) in [4.78, 5) is 0. The molecule has 0 atom stereocenters. The van der Waals surface area contributed by atoms with Crippen molar-refractivity contribution in [1.29, 1.82) is 0 Å². The summed E-state index contributed by atoms with van der Waals surface area (Å²) < 4.78 is 5.55. The highest BCUT2D eigenvalue weighted by Gasteiger charge is 2.10. The zero-order chi connectivity index (χ0) is 8.39. The Morgan fingerprint density at radius 3 is 3.08 bits per heavy atom. The Kier molecular flexibility index (Phi) is 1.90. The number of rotatable bonds is 0. The van der Waals surface area contributed by atoms with E-state index < -0.39 is 0 Å². The minimum absolute atomic E-state index is 0.773. The smallest absolute Gasteiger partial charge is 0.145 e. The molecule has 0 fully saturated rings. The second-order valence-electron chi connectivity index (χ2n) is 3.14. The highest BCUT2D eigenvalue weighted by Crippen LogP contribution is 2.29. The standard InChI is InChI=1S/C10H13NO/c11-9-6-3-5-8-4-1-2-7-12-10(8)9/h3,5-6H,1-2,4,7,11H2. The fourth-order valence-electron chi connectivity index (χ4n) is 1.57. The lowest BCUT2D eigenvalue weighted by atomic mass is 10.1. The summed E-state index contributed by atoms with van der Waals surface area (Å²) in [6.45, 7) is 0.807. The van der Waals surface area contributed by atoms with E-state index in [4.69, 9.17) is 10.5 Å². The van der Waals surface area contributed by atoms with E-state index in [0.29, 0.717) is 0 Å². The maximum atomic E-state index is 5.79. The molecular formula is C10H13NO. The fraction of sp³-hybridized carbons (Fsp3) is 0.400. The first kappa shape index (κ1) is 7.47. The summed E-state index contributed by atoms with van der Waals surface area (Å²) >= 11 is 0. The average Bonchev–Trinajstić information content (AvgIpc) is 2.30. The Labute approximate surface area is 72.3 Å². The Hall–Kier alpha value is -1.18. The van der Waals surface area contributed by atoms with Gasteiger partial charge in [-0.1, -0.05) is 12.1 Å². The van der Waals surface area contributed by atoms with Gasteiger partial charge in [-0.25, -0.2) is 0 Å². The molecule has 0 aliphatic carbocycles. The van der Waals surface area contributed by atoms with Crippen molar-refractivity contribution in [3.05, 3.63) is 23.8 Å². The third-order valence-electron chi connectivity index (χ3n) is 2.21. The van der Waals surface area contributed by atoms with Crippen LogP contribution in [-0.2, 0) is 6.42 Å². The van der Waals surface area contributed by atoms with Gasteiger partial charge in [0, 0.05) is 0 Å². The van der Waals surface area contributed by atoms with Gasteiger partial charge >= 0.3 is 0 Å². The molecule has 1 heterocycles. The molecule has 0 spiro atoms. The molecule has 0 saturated heterocycles. The Balaban J connectivity index is 2.42. The minimum atomic E-state index is 0.773. The maximum absolute atomic E-state index is 5.79. The lowest BCUT2D eigenvalue weighted by molar-refractivity contribution is 0.318. The summed E-state index contributed by atoms with van der Waals surface area (Å²) in [5, 5.41) is 0. The van der Waals surface area contributed by atoms with Crippen molar-refractivity contribution < 1.29 is 4.74 Å². The van der Waals surface area contributed by atoms with Crippen LogP contribution in [0.3, 0.4) is 0 Å². The van der Waals surface area contributed by atoms with Gasteiger partial charge in [0.05, 0.1) is 12.3 Å². The SMILES string of the molecule is Nc1cccc2c1OCCCC2. The van der Waals surface area contributed by atoms with Gasteiger partial charge in [-0.15, -0.1) is 0 Å². The number of ether oxygens (including phenoxy) is 1. The third-order valence-corrected chi connectivity index (χ3v) is 2.21. The molecule has 0 aromatic heterocycles. The molecular weight excluding hydrogens is 150 g/mol. The van der Waals surface area contributed by atoms with Gasteiger partial charge in [0.15, 0.2) is 0 Å². The minimum Gasteiger partial charge on any atom is -0.491 e. The molecule has 0 amide bonds. The monoisotopic (exact) mass is 163 g/mol. The van der Waals surface area contributed by atoms with E-state index in [0.717, 1.165) is 30.9 Å². The van der Waals surface area contributed by atoms with Gasteiger partial charge in [-0.2, -0.15) is 0 Å². The zero-order valence-electron chi connectivity index (χ0n) is 7.05. The molecule has 2 rings (SSSR count). The van der Waals surface area contributed by atoms with Crippen molar-refractivity contribution in [3.8, 4) is 5.75 Å². The number of anilines is 1. The summed E-state index contributed by atoms with van der Waals surface area (Å²) in [7, 11) is 0. The van der Waals surface area contributed by atoms with Crippen LogP contribution >= 0.6 is 0 Å². The summed E-state index contributed by atoms with van der Waals surface area (Å²) in [6.07, 6.45) is 3.44. The van der Waals surface area contributed by atoms with Crippen molar-refractivity contribution in [3.63, 3.8) is 0 Å². The van der Waals surface area contributed by atoms with Gasteiger partial charge in [-0.05, 0) is 30.9 Å². The predicted molar refractivity (Wildman–Crippen MR) is 49.3 cm³/mol. The molecule has 2 nitrogen and oxygen atoms in total. The number of fused-ring (bicyclic) bond motifs is 1. The van der Waals surface area contributed by atoms with Crippen LogP contribution in [0.1, 0.15) is 18.4 Å². The molecule has 1 aliphatic rings. The molecule has 64 valence electrons. The van der Waals surface area contributed by atoms with Gasteiger partial charge in [0.1, 0.15) is 5.75 Å². The average molecular weight is 163 g/mol. The van der Waals surface area contributed by atoms with Crippen molar-refractivity contribution in [1.82, 2.24) is 0 Å². The first-order chi connectivity index (χ1) is 5.88. The third kappa shape index (κ3) is 1.24. The van der Waals surface area contributed by atoms with Crippen LogP contribution in [0.25, 0.3) is 0 Å². The van der Waals surface area contributed by atoms with Crippen LogP contribution in [-0.4, -0.2) is 6.61 Å². The maximum Gasteiger partial charge on any atom is 0.145 e. The number of nitrogen functional groups attached to an aromatic ring is 1. The molecule has 0 unspecified atom stereocenters. The van der Waals surface area contributed by atoms with E-state index in [9.17, 15) is 0 Å². The van der Waals surface area contributed by atoms with Crippen LogP contribution in [0.5, 0.6) is 5.75 Å². The molecule has 2 heteroatoms. The van der Waals surface area contributed by atoms with Crippen LogP contribution in [0.2, 0.25) is 0 Å². The van der Waals surface area contributed by atoms with Crippen LogP contribution in [0.4, 0.5) is 5.69 Å². The summed E-state index contributed by atoms with van der Waals surface area (Å²) in [6, 6.07) is 5.98. The number of para-hydroxylation sites is 1. The van der Waals surface area contributed by atoms with Crippen molar-refractivity contribution in [2.45, 2.75) is 19.3 Å². The number of benzene rings is 1. The van der Waals surface area contributed by atoms with E-state index in [1.54, 1.807) is 0 Å². The van der Waals surface area contributed by atoms with Gasteiger partial charge < -0.3 is 10.5 Å². The quantitative estimate of drug-likeness (QED) is 0.593. The number of hydrogen-bond acceptors (Lipinski definition) is 2. The van der Waals surface area contributed by atoms with Gasteiger partial charge in [0.2, 0.25) is 0 Å². The van der Waals surface area contributed by atoms with Gasteiger partial charge in [0.25, 0.3) is 0 Å². The molecule has 1 aromatic carbocycles. The van der Waals surface area contributed by atoms with Crippen LogP contribution in [0.15, 0.2) is 18.2 Å². The van der Waals surface area contributed by atoms with Gasteiger partial charge in [-0.3, -0.25) is 0 Å². The van der Waals surface area contributed by atoms with Crippen LogP contribution < -0.4 is 10.5 Å². The molecule has 0 saturated carbocycles. The molecule has 0 bridgehead atoms. The topological polar surface area (TPSA) is 35.2 Å². The van der Waals surface area contributed by atoms with E-state index >= 15 is 0 Å².